The van der Waals surface area contributed by atoms with E-state index in [2.05, 4.69) is 35.7 Å². The molecule has 11 heteroatoms. The lowest BCUT2D eigenvalue weighted by Gasteiger charge is -2.55. The number of carbonyl (C=O) groups is 1. The van der Waals surface area contributed by atoms with Gasteiger partial charge < -0.3 is 20.9 Å². The maximum atomic E-state index is 12.8. The number of halogens is 1. The molecule has 1 aromatic carbocycles. The Morgan fingerprint density at radius 1 is 1.13 bits per heavy atom. The number of hydrogen-bond acceptors (Lipinski definition) is 9. The highest BCUT2D eigenvalue weighted by Gasteiger charge is 2.46. The van der Waals surface area contributed by atoms with E-state index >= 15 is 0 Å². The number of amides is 1. The normalized spacial score (nSPS) is 19.6. The van der Waals surface area contributed by atoms with Crippen LogP contribution in [0.4, 0.5) is 22.5 Å². The van der Waals surface area contributed by atoms with Crippen LogP contribution in [-0.2, 0) is 0 Å². The predicted molar refractivity (Wildman–Crippen MR) is 158 cm³/mol. The van der Waals surface area contributed by atoms with Gasteiger partial charge in [0.2, 0.25) is 0 Å². The molecule has 0 atom stereocenters. The molecule has 39 heavy (non-hydrogen) atoms. The molecule has 1 aliphatic carbocycles. The van der Waals surface area contributed by atoms with E-state index in [4.69, 9.17) is 16.6 Å². The van der Waals surface area contributed by atoms with Crippen molar-refractivity contribution in [3.8, 4) is 0 Å². The van der Waals surface area contributed by atoms with Crippen LogP contribution in [0.25, 0.3) is 0 Å². The van der Waals surface area contributed by atoms with Crippen molar-refractivity contribution in [1.29, 1.82) is 0 Å². The largest absolute Gasteiger partial charge is 0.354 e. The first-order valence-corrected chi connectivity index (χ1v) is 14.9. The Morgan fingerprint density at radius 2 is 1.90 bits per heavy atom. The SMILES string of the molecule is Cc1nc(Nc2ncc(C(=O)Nc3c(C)cccc3Cl)s2)cc(N2CCN(C3CC4(CCNCC4)C3)CC2)n1. The van der Waals surface area contributed by atoms with E-state index in [0.29, 0.717) is 37.8 Å². The Morgan fingerprint density at radius 3 is 2.64 bits per heavy atom. The Balaban J connectivity index is 1.06. The smallest absolute Gasteiger partial charge is 0.267 e. The second-order valence-corrected chi connectivity index (χ2v) is 12.5. The van der Waals surface area contributed by atoms with Gasteiger partial charge in [-0.05, 0) is 69.7 Å². The number of aromatic nitrogens is 3. The number of thiazole rings is 1. The van der Waals surface area contributed by atoms with Gasteiger partial charge in [-0.3, -0.25) is 9.69 Å². The highest BCUT2D eigenvalue weighted by molar-refractivity contribution is 7.17. The molecule has 0 radical (unpaired) electrons. The Hall–Kier alpha value is -2.79. The molecule has 4 heterocycles. The number of benzene rings is 1. The van der Waals surface area contributed by atoms with Crippen LogP contribution in [0.15, 0.2) is 30.5 Å². The second-order valence-electron chi connectivity index (χ2n) is 11.0. The minimum absolute atomic E-state index is 0.244. The zero-order valence-corrected chi connectivity index (χ0v) is 24.0. The number of anilines is 4. The molecule has 3 aromatic rings. The molecule has 3 N–H and O–H groups in total. The van der Waals surface area contributed by atoms with Crippen molar-refractivity contribution in [1.82, 2.24) is 25.2 Å². The van der Waals surface area contributed by atoms with E-state index in [0.717, 1.165) is 43.6 Å². The number of para-hydroxylation sites is 1. The molecule has 0 bridgehead atoms. The molecule has 0 unspecified atom stereocenters. The Labute approximate surface area is 238 Å². The Kier molecular flexibility index (Phi) is 7.45. The number of nitrogens with zero attached hydrogens (tertiary/aromatic N) is 5. The summed E-state index contributed by atoms with van der Waals surface area (Å²) < 4.78 is 0. The number of hydrogen-bond donors (Lipinski definition) is 3. The van der Waals surface area contributed by atoms with E-state index < -0.39 is 0 Å². The lowest BCUT2D eigenvalue weighted by molar-refractivity contribution is -0.0224. The lowest BCUT2D eigenvalue weighted by Crippen LogP contribution is -2.58. The van der Waals surface area contributed by atoms with Crippen molar-refractivity contribution in [3.05, 3.63) is 51.7 Å². The molecule has 1 amide bonds. The first-order valence-electron chi connectivity index (χ1n) is 13.7. The summed E-state index contributed by atoms with van der Waals surface area (Å²) in [4.78, 5) is 32.0. The van der Waals surface area contributed by atoms with E-state index in [-0.39, 0.29) is 5.91 Å². The summed E-state index contributed by atoms with van der Waals surface area (Å²) in [6, 6.07) is 8.25. The van der Waals surface area contributed by atoms with Crippen LogP contribution in [0.1, 0.15) is 46.7 Å². The van der Waals surface area contributed by atoms with Gasteiger partial charge >= 0.3 is 0 Å². The number of piperazine rings is 1. The molecular formula is C28H35ClN8OS. The van der Waals surface area contributed by atoms with Crippen LogP contribution < -0.4 is 20.9 Å². The molecule has 3 aliphatic rings. The highest BCUT2D eigenvalue weighted by atomic mass is 35.5. The number of rotatable bonds is 6. The van der Waals surface area contributed by atoms with Gasteiger partial charge in [0.1, 0.15) is 22.3 Å². The molecule has 2 aromatic heterocycles. The maximum absolute atomic E-state index is 12.8. The number of piperidine rings is 1. The second kappa shape index (κ2) is 11.0. The third-order valence-electron chi connectivity index (χ3n) is 8.41. The van der Waals surface area contributed by atoms with E-state index in [1.165, 1.54) is 50.1 Å². The number of carbonyl (C=O) groups excluding carboxylic acids is 1. The molecular weight excluding hydrogens is 532 g/mol. The van der Waals surface area contributed by atoms with Crippen molar-refractivity contribution in [3.63, 3.8) is 0 Å². The molecule has 2 aliphatic heterocycles. The molecule has 1 spiro atoms. The van der Waals surface area contributed by atoms with Gasteiger partial charge in [-0.2, -0.15) is 0 Å². The van der Waals surface area contributed by atoms with Crippen molar-refractivity contribution in [2.75, 3.05) is 54.8 Å². The van der Waals surface area contributed by atoms with Crippen LogP contribution in [-0.4, -0.2) is 71.1 Å². The van der Waals surface area contributed by atoms with E-state index in [9.17, 15) is 4.79 Å². The van der Waals surface area contributed by atoms with Gasteiger partial charge in [-0.1, -0.05) is 35.1 Å². The van der Waals surface area contributed by atoms with Crippen LogP contribution in [0.5, 0.6) is 0 Å². The monoisotopic (exact) mass is 566 g/mol. The van der Waals surface area contributed by atoms with Crippen LogP contribution >= 0.6 is 22.9 Å². The molecule has 6 rings (SSSR count). The summed E-state index contributed by atoms with van der Waals surface area (Å²) in [6.07, 6.45) is 6.97. The Bertz CT molecular complexity index is 1320. The van der Waals surface area contributed by atoms with Gasteiger partial charge in [0, 0.05) is 38.3 Å². The van der Waals surface area contributed by atoms with E-state index in [1.807, 2.05) is 32.0 Å². The summed E-state index contributed by atoms with van der Waals surface area (Å²) >= 11 is 7.54. The van der Waals surface area contributed by atoms with Crippen molar-refractivity contribution < 1.29 is 4.79 Å². The first kappa shape index (κ1) is 26.4. The summed E-state index contributed by atoms with van der Waals surface area (Å²) in [5, 5.41) is 10.8. The van der Waals surface area contributed by atoms with Crippen molar-refractivity contribution in [2.24, 2.45) is 5.41 Å². The minimum atomic E-state index is -0.244. The van der Waals surface area contributed by atoms with Crippen molar-refractivity contribution in [2.45, 2.75) is 45.6 Å². The zero-order chi connectivity index (χ0) is 27.0. The predicted octanol–water partition coefficient (Wildman–Crippen LogP) is 4.85. The highest BCUT2D eigenvalue weighted by Crippen LogP contribution is 2.50. The lowest BCUT2D eigenvalue weighted by atomic mass is 9.60. The third-order valence-corrected chi connectivity index (χ3v) is 9.63. The summed E-state index contributed by atoms with van der Waals surface area (Å²) in [6.45, 7) is 10.2. The topological polar surface area (TPSA) is 98.3 Å². The quantitative estimate of drug-likeness (QED) is 0.389. The fourth-order valence-electron chi connectivity index (χ4n) is 6.17. The van der Waals surface area contributed by atoms with Crippen LogP contribution in [0.2, 0.25) is 5.02 Å². The van der Waals surface area contributed by atoms with Gasteiger partial charge in [-0.15, -0.1) is 0 Å². The molecule has 3 fully saturated rings. The fourth-order valence-corrected chi connectivity index (χ4v) is 7.16. The minimum Gasteiger partial charge on any atom is -0.354 e. The average Bonchev–Trinajstić information content (AvgIpc) is 3.38. The molecule has 9 nitrogen and oxygen atoms in total. The number of nitrogens with one attached hydrogen (secondary N) is 3. The summed E-state index contributed by atoms with van der Waals surface area (Å²) in [7, 11) is 0. The van der Waals surface area contributed by atoms with E-state index in [1.54, 1.807) is 12.3 Å². The first-order chi connectivity index (χ1) is 18.9. The molecule has 2 saturated heterocycles. The standard InChI is InChI=1S/C28H35ClN8OS/c1-18-4-3-5-21(29)25(18)35-26(38)22-17-31-27(39-22)34-23-14-24(33-19(2)32-23)37-12-10-36(11-13-37)20-15-28(16-20)6-8-30-9-7-28/h3-5,14,17,20,30H,6-13,15-16H2,1-2H3,(H,35,38)(H,31,32,33,34). The average molecular weight is 567 g/mol. The fraction of sp³-hybridized carbons (Fsp3) is 0.500. The van der Waals surface area contributed by atoms with Crippen LogP contribution in [0, 0.1) is 19.3 Å². The maximum Gasteiger partial charge on any atom is 0.267 e. The molecule has 206 valence electrons. The molecule has 1 saturated carbocycles. The third kappa shape index (κ3) is 5.75. The van der Waals surface area contributed by atoms with Gasteiger partial charge in [0.15, 0.2) is 5.13 Å². The van der Waals surface area contributed by atoms with Gasteiger partial charge in [-0.25, -0.2) is 15.0 Å². The van der Waals surface area contributed by atoms with Crippen LogP contribution in [0.3, 0.4) is 0 Å². The van der Waals surface area contributed by atoms with Crippen molar-refractivity contribution >= 4 is 51.3 Å². The van der Waals surface area contributed by atoms with Gasteiger partial charge in [0.25, 0.3) is 5.91 Å². The zero-order valence-electron chi connectivity index (χ0n) is 22.5. The summed E-state index contributed by atoms with van der Waals surface area (Å²) in [5.41, 5.74) is 2.13. The summed E-state index contributed by atoms with van der Waals surface area (Å²) in [5.74, 6) is 2.06. The number of aryl methyl sites for hydroxylation is 2. The van der Waals surface area contributed by atoms with Gasteiger partial charge in [0.05, 0.1) is 16.9 Å².